The summed E-state index contributed by atoms with van der Waals surface area (Å²) in [5, 5.41) is 0. The van der Waals surface area contributed by atoms with Crippen LogP contribution in [-0.2, 0) is 0 Å². The monoisotopic (exact) mass is 287 g/mol. The van der Waals surface area contributed by atoms with Crippen LogP contribution < -0.4 is 0 Å². The number of hydrogen-bond acceptors (Lipinski definition) is 3. The Morgan fingerprint density at radius 3 is 2.53 bits per heavy atom. The van der Waals surface area contributed by atoms with Crippen LogP contribution in [0.5, 0.6) is 0 Å². The highest BCUT2D eigenvalue weighted by atomic mass is 32.2. The lowest BCUT2D eigenvalue weighted by Gasteiger charge is -2.29. The van der Waals surface area contributed by atoms with Gasteiger partial charge in [-0.25, -0.2) is 8.78 Å². The molecule has 0 aliphatic heterocycles. The second-order valence-corrected chi connectivity index (χ2v) is 5.54. The van der Waals surface area contributed by atoms with E-state index in [0.29, 0.717) is 0 Å². The van der Waals surface area contributed by atoms with Crippen molar-refractivity contribution in [3.8, 4) is 0 Å². The molecule has 0 N–H and O–H groups in total. The van der Waals surface area contributed by atoms with E-state index in [4.69, 9.17) is 0 Å². The molecule has 2 unspecified atom stereocenters. The zero-order valence-electron chi connectivity index (χ0n) is 11.6. The molecule has 0 fully saturated rings. The molecule has 2 nitrogen and oxygen atoms in total. The van der Waals surface area contributed by atoms with Gasteiger partial charge in [-0.15, -0.1) is 0 Å². The van der Waals surface area contributed by atoms with Gasteiger partial charge in [0.2, 0.25) is 0 Å². The Morgan fingerprint density at radius 1 is 1.37 bits per heavy atom. The predicted molar refractivity (Wildman–Crippen MR) is 75.8 cm³/mol. The van der Waals surface area contributed by atoms with Crippen LogP contribution in [0.4, 0.5) is 8.78 Å². The number of ketones is 1. The van der Waals surface area contributed by atoms with Gasteiger partial charge in [0.05, 0.1) is 11.6 Å². The van der Waals surface area contributed by atoms with E-state index >= 15 is 0 Å². The van der Waals surface area contributed by atoms with Crippen LogP contribution in [0.15, 0.2) is 18.2 Å². The number of hydrogen-bond donors (Lipinski definition) is 0. The molecule has 0 amide bonds. The van der Waals surface area contributed by atoms with Crippen LogP contribution in [0.1, 0.15) is 24.2 Å². The summed E-state index contributed by atoms with van der Waals surface area (Å²) in [4.78, 5) is 14.1. The van der Waals surface area contributed by atoms with Crippen molar-refractivity contribution >= 4 is 17.5 Å². The molecule has 0 spiro atoms. The average Bonchev–Trinajstić information content (AvgIpc) is 2.36. The Morgan fingerprint density at radius 2 is 2.00 bits per heavy atom. The Bertz CT molecular complexity index is 453. The molecule has 0 aliphatic carbocycles. The van der Waals surface area contributed by atoms with E-state index in [9.17, 15) is 13.6 Å². The number of Topliss-reactive ketones (excluding diaryl/α,β-unsaturated/α-hetero) is 1. The number of halogens is 2. The number of nitrogens with zero attached hydrogens (tertiary/aromatic N) is 1. The van der Waals surface area contributed by atoms with Gasteiger partial charge in [-0.2, -0.15) is 11.8 Å². The fourth-order valence-electron chi connectivity index (χ4n) is 1.84. The second kappa shape index (κ2) is 7.01. The van der Waals surface area contributed by atoms with E-state index in [1.54, 1.807) is 18.7 Å². The van der Waals surface area contributed by atoms with E-state index in [0.717, 1.165) is 17.9 Å². The van der Waals surface area contributed by atoms with Gasteiger partial charge < -0.3 is 0 Å². The maximum atomic E-state index is 13.6. The predicted octanol–water partition coefficient (Wildman–Crippen LogP) is 3.22. The number of thioether (sulfide) groups is 1. The van der Waals surface area contributed by atoms with Crippen molar-refractivity contribution < 1.29 is 13.6 Å². The van der Waals surface area contributed by atoms with Gasteiger partial charge in [0.25, 0.3) is 0 Å². The number of benzene rings is 1. The third kappa shape index (κ3) is 4.01. The lowest BCUT2D eigenvalue weighted by molar-refractivity contribution is 0.0834. The molecule has 1 aromatic carbocycles. The van der Waals surface area contributed by atoms with Gasteiger partial charge in [0.15, 0.2) is 5.78 Å². The second-order valence-electron chi connectivity index (χ2n) is 4.63. The largest absolute Gasteiger partial charge is 0.293 e. The fraction of sp³-hybridized carbons (Fsp3) is 0.500. The highest BCUT2D eigenvalue weighted by molar-refractivity contribution is 7.98. The Hall–Kier alpha value is -0.940. The summed E-state index contributed by atoms with van der Waals surface area (Å²) in [5.41, 5.74) is -0.0582. The summed E-state index contributed by atoms with van der Waals surface area (Å²) in [5.74, 6) is -0.915. The first kappa shape index (κ1) is 16.1. The lowest BCUT2D eigenvalue weighted by atomic mass is 10.0. The van der Waals surface area contributed by atoms with Gasteiger partial charge >= 0.3 is 0 Å². The maximum Gasteiger partial charge on any atom is 0.182 e. The van der Waals surface area contributed by atoms with E-state index in [-0.39, 0.29) is 17.4 Å². The molecule has 106 valence electrons. The van der Waals surface area contributed by atoms with Crippen LogP contribution in [0, 0.1) is 11.6 Å². The topological polar surface area (TPSA) is 20.3 Å². The van der Waals surface area contributed by atoms with Crippen LogP contribution >= 0.6 is 11.8 Å². The van der Waals surface area contributed by atoms with Crippen molar-refractivity contribution in [3.63, 3.8) is 0 Å². The van der Waals surface area contributed by atoms with E-state index in [1.807, 2.05) is 25.1 Å². The number of likely N-dealkylation sites (N-methyl/N-ethyl adjacent to an activating group) is 1. The molecule has 1 rings (SSSR count). The Kier molecular flexibility index (Phi) is 5.94. The first-order chi connectivity index (χ1) is 8.88. The first-order valence-corrected chi connectivity index (χ1v) is 7.48. The summed E-state index contributed by atoms with van der Waals surface area (Å²) < 4.78 is 26.4. The van der Waals surface area contributed by atoms with Crippen molar-refractivity contribution in [2.75, 3.05) is 19.1 Å². The summed E-state index contributed by atoms with van der Waals surface area (Å²) in [7, 11) is 1.84. The Labute approximate surface area is 117 Å². The molecule has 0 aliphatic rings. The summed E-state index contributed by atoms with van der Waals surface area (Å²) in [6.07, 6.45) is 2.00. The summed E-state index contributed by atoms with van der Waals surface area (Å²) in [6.45, 7) is 3.75. The molecule has 0 saturated heterocycles. The minimum Gasteiger partial charge on any atom is -0.293 e. The fourth-order valence-corrected chi connectivity index (χ4v) is 2.56. The van der Waals surface area contributed by atoms with E-state index in [2.05, 4.69) is 0 Å². The van der Waals surface area contributed by atoms with Gasteiger partial charge in [0.1, 0.15) is 11.6 Å². The van der Waals surface area contributed by atoms with E-state index < -0.39 is 17.7 Å². The number of rotatable bonds is 6. The van der Waals surface area contributed by atoms with Gasteiger partial charge in [-0.05, 0) is 39.3 Å². The first-order valence-electron chi connectivity index (χ1n) is 6.08. The molecule has 0 heterocycles. The molecule has 0 saturated carbocycles. The van der Waals surface area contributed by atoms with Crippen LogP contribution in [0.3, 0.4) is 0 Å². The van der Waals surface area contributed by atoms with Gasteiger partial charge in [-0.1, -0.05) is 0 Å². The van der Waals surface area contributed by atoms with Crippen molar-refractivity contribution in [2.24, 2.45) is 0 Å². The maximum absolute atomic E-state index is 13.6. The summed E-state index contributed by atoms with van der Waals surface area (Å²) >= 11 is 1.69. The molecule has 19 heavy (non-hydrogen) atoms. The highest BCUT2D eigenvalue weighted by Crippen LogP contribution is 2.16. The molecule has 0 bridgehead atoms. The molecule has 0 aromatic heterocycles. The Balaban J connectivity index is 2.87. The molecular formula is C14H19F2NOS. The quantitative estimate of drug-likeness (QED) is 0.749. The highest BCUT2D eigenvalue weighted by Gasteiger charge is 2.25. The third-order valence-corrected chi connectivity index (χ3v) is 4.11. The van der Waals surface area contributed by atoms with Crippen LogP contribution in [0.25, 0.3) is 0 Å². The zero-order valence-corrected chi connectivity index (χ0v) is 12.4. The minimum atomic E-state index is -0.803. The number of carbonyl (C=O) groups is 1. The van der Waals surface area contributed by atoms with Crippen LogP contribution in [-0.4, -0.2) is 41.8 Å². The van der Waals surface area contributed by atoms with Crippen LogP contribution in [0.2, 0.25) is 0 Å². The normalized spacial score (nSPS) is 14.5. The third-order valence-electron chi connectivity index (χ3n) is 3.29. The molecular weight excluding hydrogens is 268 g/mol. The standard InChI is InChI=1S/C14H19F2NOS/c1-9(8-19-4)17(3)10(2)14(18)12-6-5-11(15)7-13(12)16/h5-7,9-10H,8H2,1-4H3. The lowest BCUT2D eigenvalue weighted by Crippen LogP contribution is -2.43. The number of carbonyl (C=O) groups excluding carboxylic acids is 1. The molecule has 2 atom stereocenters. The summed E-state index contributed by atoms with van der Waals surface area (Å²) in [6, 6.07) is 2.82. The molecule has 0 radical (unpaired) electrons. The minimum absolute atomic E-state index is 0.0582. The van der Waals surface area contributed by atoms with Crippen molar-refractivity contribution in [1.29, 1.82) is 0 Å². The van der Waals surface area contributed by atoms with E-state index in [1.165, 1.54) is 6.07 Å². The van der Waals surface area contributed by atoms with Crippen molar-refractivity contribution in [2.45, 2.75) is 25.9 Å². The molecule has 5 heteroatoms. The van der Waals surface area contributed by atoms with Crippen molar-refractivity contribution in [3.05, 3.63) is 35.4 Å². The SMILES string of the molecule is CSCC(C)N(C)C(C)C(=O)c1ccc(F)cc1F. The average molecular weight is 287 g/mol. The van der Waals surface area contributed by atoms with Gasteiger partial charge in [-0.3, -0.25) is 9.69 Å². The smallest absolute Gasteiger partial charge is 0.182 e. The van der Waals surface area contributed by atoms with Gasteiger partial charge in [0, 0.05) is 17.9 Å². The molecule has 1 aromatic rings. The zero-order chi connectivity index (χ0) is 14.6. The van der Waals surface area contributed by atoms with Crippen molar-refractivity contribution in [1.82, 2.24) is 4.90 Å².